The predicted molar refractivity (Wildman–Crippen MR) is 110 cm³/mol. The number of hydrogen-bond acceptors (Lipinski definition) is 4. The van der Waals surface area contributed by atoms with Crippen LogP contribution in [-0.2, 0) is 19.5 Å². The Morgan fingerprint density at radius 1 is 1.19 bits per heavy atom. The fraction of sp³-hybridized carbons (Fsp3) is 0.550. The summed E-state index contributed by atoms with van der Waals surface area (Å²) in [5.74, 6) is 2.90. The normalized spacial score (nSPS) is 13.5. The van der Waals surface area contributed by atoms with Crippen LogP contribution in [0.25, 0.3) is 0 Å². The van der Waals surface area contributed by atoms with Crippen molar-refractivity contribution in [1.82, 2.24) is 25.4 Å². The van der Waals surface area contributed by atoms with Crippen LogP contribution in [0.2, 0.25) is 0 Å². The molecule has 0 bridgehead atoms. The minimum Gasteiger partial charge on any atom is -0.372 e. The van der Waals surface area contributed by atoms with Gasteiger partial charge < -0.3 is 20.1 Å². The van der Waals surface area contributed by atoms with Crippen LogP contribution in [0.3, 0.4) is 0 Å². The first-order valence-electron chi connectivity index (χ1n) is 10.0. The summed E-state index contributed by atoms with van der Waals surface area (Å²) in [6, 6.07) is 10.6. The summed E-state index contributed by atoms with van der Waals surface area (Å²) in [5, 5.41) is 15.3. The molecule has 0 aliphatic carbocycles. The molecule has 0 spiro atoms. The summed E-state index contributed by atoms with van der Waals surface area (Å²) in [6.07, 6.45) is 3.24. The molecule has 1 aliphatic rings. The van der Waals surface area contributed by atoms with E-state index >= 15 is 0 Å². The number of fused-ring (bicyclic) bond motifs is 1. The number of hydrogen-bond donors (Lipinski definition) is 2. The largest absolute Gasteiger partial charge is 0.372 e. The zero-order valence-electron chi connectivity index (χ0n) is 16.5. The van der Waals surface area contributed by atoms with E-state index in [4.69, 9.17) is 0 Å². The highest BCUT2D eigenvalue weighted by atomic mass is 15.3. The van der Waals surface area contributed by atoms with Crippen LogP contribution in [-0.4, -0.2) is 46.9 Å². The fourth-order valence-corrected chi connectivity index (χ4v) is 3.40. The van der Waals surface area contributed by atoms with Crippen molar-refractivity contribution in [1.29, 1.82) is 0 Å². The molecule has 7 nitrogen and oxygen atoms in total. The molecule has 146 valence electrons. The molecule has 1 aromatic heterocycles. The topological polar surface area (TPSA) is 70.4 Å². The van der Waals surface area contributed by atoms with Gasteiger partial charge in [0.05, 0.1) is 0 Å². The number of para-hydroxylation sites is 1. The third-order valence-corrected chi connectivity index (χ3v) is 4.81. The van der Waals surface area contributed by atoms with Gasteiger partial charge in [0.2, 0.25) is 0 Å². The van der Waals surface area contributed by atoms with E-state index in [-0.39, 0.29) is 0 Å². The number of aryl methyl sites for hydroxylation is 1. The molecule has 0 saturated heterocycles. The number of guanidine groups is 1. The van der Waals surface area contributed by atoms with Gasteiger partial charge in [-0.3, -0.25) is 0 Å². The maximum atomic E-state index is 4.69. The van der Waals surface area contributed by atoms with Gasteiger partial charge in [-0.05, 0) is 38.8 Å². The number of benzene rings is 1. The van der Waals surface area contributed by atoms with Crippen LogP contribution >= 0.6 is 0 Å². The van der Waals surface area contributed by atoms with Gasteiger partial charge in [0, 0.05) is 44.8 Å². The van der Waals surface area contributed by atoms with Crippen LogP contribution < -0.4 is 15.5 Å². The summed E-state index contributed by atoms with van der Waals surface area (Å²) in [4.78, 5) is 7.08. The first kappa shape index (κ1) is 19.2. The molecule has 2 aromatic rings. The molecule has 1 aromatic carbocycles. The van der Waals surface area contributed by atoms with E-state index in [1.54, 1.807) is 0 Å². The molecule has 2 heterocycles. The monoisotopic (exact) mass is 369 g/mol. The van der Waals surface area contributed by atoms with Crippen LogP contribution in [0.15, 0.2) is 35.3 Å². The second kappa shape index (κ2) is 9.94. The fourth-order valence-electron chi connectivity index (χ4n) is 3.40. The Morgan fingerprint density at radius 2 is 2.04 bits per heavy atom. The minimum atomic E-state index is 0.563. The zero-order valence-corrected chi connectivity index (χ0v) is 16.5. The Bertz CT molecular complexity index is 723. The molecule has 2 N–H and O–H groups in total. The lowest BCUT2D eigenvalue weighted by molar-refractivity contribution is 0.680. The average Bonchev–Trinajstić information content (AvgIpc) is 3.31. The van der Waals surface area contributed by atoms with E-state index in [0.29, 0.717) is 6.54 Å². The maximum absolute atomic E-state index is 4.69. The van der Waals surface area contributed by atoms with Crippen molar-refractivity contribution in [3.05, 3.63) is 42.0 Å². The Balaban J connectivity index is 1.47. The number of aromatic nitrogens is 3. The van der Waals surface area contributed by atoms with Crippen LogP contribution in [0.1, 0.15) is 38.3 Å². The average molecular weight is 370 g/mol. The third kappa shape index (κ3) is 5.21. The summed E-state index contributed by atoms with van der Waals surface area (Å²) in [5.41, 5.74) is 1.28. The highest BCUT2D eigenvalue weighted by Gasteiger charge is 2.16. The van der Waals surface area contributed by atoms with Gasteiger partial charge in [-0.2, -0.15) is 0 Å². The maximum Gasteiger partial charge on any atom is 0.191 e. The van der Waals surface area contributed by atoms with Crippen molar-refractivity contribution in [2.75, 3.05) is 31.1 Å². The molecular weight excluding hydrogens is 338 g/mol. The van der Waals surface area contributed by atoms with E-state index in [2.05, 4.69) is 79.5 Å². The molecule has 0 saturated carbocycles. The van der Waals surface area contributed by atoms with Crippen LogP contribution in [0.4, 0.5) is 5.69 Å². The van der Waals surface area contributed by atoms with Crippen molar-refractivity contribution in [3.63, 3.8) is 0 Å². The van der Waals surface area contributed by atoms with Crippen LogP contribution in [0.5, 0.6) is 0 Å². The van der Waals surface area contributed by atoms with E-state index in [0.717, 1.165) is 69.6 Å². The first-order valence-corrected chi connectivity index (χ1v) is 10.0. The summed E-state index contributed by atoms with van der Waals surface area (Å²) < 4.78 is 2.20. The first-order chi connectivity index (χ1) is 13.3. The lowest BCUT2D eigenvalue weighted by atomic mass is 10.2. The minimum absolute atomic E-state index is 0.563. The molecule has 27 heavy (non-hydrogen) atoms. The van der Waals surface area contributed by atoms with Gasteiger partial charge in [0.1, 0.15) is 12.4 Å². The van der Waals surface area contributed by atoms with Gasteiger partial charge in [-0.15, -0.1) is 10.2 Å². The second-order valence-corrected chi connectivity index (χ2v) is 6.68. The van der Waals surface area contributed by atoms with Gasteiger partial charge in [0.25, 0.3) is 0 Å². The molecule has 0 amide bonds. The molecule has 7 heteroatoms. The molecule has 0 fully saturated rings. The summed E-state index contributed by atoms with van der Waals surface area (Å²) in [6.45, 7) is 9.61. The Hall–Kier alpha value is -2.57. The molecule has 0 radical (unpaired) electrons. The Morgan fingerprint density at radius 3 is 2.81 bits per heavy atom. The number of anilines is 1. The van der Waals surface area contributed by atoms with E-state index in [9.17, 15) is 0 Å². The standard InChI is InChI=1S/C20H31N7/c1-3-21-20(23-16-19-25-24-18-12-8-15-27(18)19)22-13-9-14-26(4-2)17-10-6-5-7-11-17/h5-7,10-11H,3-4,8-9,12-16H2,1-2H3,(H2,21,22,23). The third-order valence-electron chi connectivity index (χ3n) is 4.81. The Labute approximate surface area is 161 Å². The summed E-state index contributed by atoms with van der Waals surface area (Å²) in [7, 11) is 0. The van der Waals surface area contributed by atoms with Crippen molar-refractivity contribution in [2.24, 2.45) is 4.99 Å². The van der Waals surface area contributed by atoms with Crippen molar-refractivity contribution >= 4 is 11.6 Å². The lowest BCUT2D eigenvalue weighted by Crippen LogP contribution is -2.39. The van der Waals surface area contributed by atoms with Crippen molar-refractivity contribution in [3.8, 4) is 0 Å². The second-order valence-electron chi connectivity index (χ2n) is 6.68. The number of nitrogens with one attached hydrogen (secondary N) is 2. The molecular formula is C20H31N7. The van der Waals surface area contributed by atoms with Gasteiger partial charge >= 0.3 is 0 Å². The van der Waals surface area contributed by atoms with E-state index in [1.807, 2.05) is 0 Å². The highest BCUT2D eigenvalue weighted by Crippen LogP contribution is 2.14. The summed E-state index contributed by atoms with van der Waals surface area (Å²) >= 11 is 0. The number of aliphatic imine (C=N–C) groups is 1. The SMILES string of the molecule is CCNC(=NCc1nnc2n1CCC2)NCCCN(CC)c1ccccc1. The lowest BCUT2D eigenvalue weighted by Gasteiger charge is -2.23. The van der Waals surface area contributed by atoms with Crippen molar-refractivity contribution < 1.29 is 0 Å². The Kier molecular flexibility index (Phi) is 7.07. The van der Waals surface area contributed by atoms with Gasteiger partial charge in [-0.25, -0.2) is 4.99 Å². The van der Waals surface area contributed by atoms with E-state index in [1.165, 1.54) is 5.69 Å². The number of rotatable bonds is 9. The molecule has 0 atom stereocenters. The smallest absolute Gasteiger partial charge is 0.191 e. The zero-order chi connectivity index (χ0) is 18.9. The highest BCUT2D eigenvalue weighted by molar-refractivity contribution is 5.79. The predicted octanol–water partition coefficient (Wildman–Crippen LogP) is 2.20. The molecule has 0 unspecified atom stereocenters. The van der Waals surface area contributed by atoms with Gasteiger partial charge in [0.15, 0.2) is 11.8 Å². The van der Waals surface area contributed by atoms with E-state index < -0.39 is 0 Å². The van der Waals surface area contributed by atoms with Crippen LogP contribution in [0, 0.1) is 0 Å². The molecule has 3 rings (SSSR count). The number of nitrogens with zero attached hydrogens (tertiary/aromatic N) is 5. The van der Waals surface area contributed by atoms with Gasteiger partial charge in [-0.1, -0.05) is 18.2 Å². The quantitative estimate of drug-likeness (QED) is 0.403. The van der Waals surface area contributed by atoms with Crippen molar-refractivity contribution in [2.45, 2.75) is 46.2 Å². The molecule has 1 aliphatic heterocycles.